The number of guanidine groups is 1. The normalized spacial score (nSPS) is 21.5. The van der Waals surface area contributed by atoms with Crippen molar-refractivity contribution in [2.75, 3.05) is 44.2 Å². The second-order valence-corrected chi connectivity index (χ2v) is 6.52. The van der Waals surface area contributed by atoms with Crippen molar-refractivity contribution < 1.29 is 9.53 Å². The zero-order chi connectivity index (χ0) is 17.6. The zero-order valence-electron chi connectivity index (χ0n) is 15.6. The molecular formula is C17H29IN6O2. The van der Waals surface area contributed by atoms with Gasteiger partial charge in [-0.15, -0.1) is 24.0 Å². The number of anilines is 1. The highest BCUT2D eigenvalue weighted by atomic mass is 127. The molecule has 1 unspecified atom stereocenters. The van der Waals surface area contributed by atoms with E-state index in [1.165, 1.54) is 6.42 Å². The van der Waals surface area contributed by atoms with E-state index in [4.69, 9.17) is 9.73 Å². The first-order valence-electron chi connectivity index (χ1n) is 9.11. The molecule has 0 aliphatic carbocycles. The summed E-state index contributed by atoms with van der Waals surface area (Å²) in [7, 11) is 1.85. The van der Waals surface area contributed by atoms with Crippen LogP contribution in [-0.2, 0) is 16.6 Å². The van der Waals surface area contributed by atoms with Crippen molar-refractivity contribution >= 4 is 41.5 Å². The standard InChI is InChI=1S/C17H28N6O2.HI/c1-3-18-17(19-11-15-6-4-5-9-25-15)22-7-8-23(16(24)13-22)14-10-20-21(2)12-14;/h10,12,15H,3-9,11,13H2,1-2H3,(H,18,19);1H. The first-order valence-corrected chi connectivity index (χ1v) is 9.11. The number of carbonyl (C=O) groups excluding carboxylic acids is 1. The predicted molar refractivity (Wildman–Crippen MR) is 112 cm³/mol. The maximum Gasteiger partial charge on any atom is 0.246 e. The van der Waals surface area contributed by atoms with Gasteiger partial charge in [0, 0.05) is 39.5 Å². The molecule has 0 saturated carbocycles. The summed E-state index contributed by atoms with van der Waals surface area (Å²) < 4.78 is 7.47. The number of amides is 1. The molecule has 1 atom stereocenters. The molecule has 2 saturated heterocycles. The lowest BCUT2D eigenvalue weighted by molar-refractivity contribution is -0.120. The second-order valence-electron chi connectivity index (χ2n) is 6.52. The van der Waals surface area contributed by atoms with Crippen molar-refractivity contribution in [2.24, 2.45) is 12.0 Å². The Balaban J connectivity index is 0.00000243. The van der Waals surface area contributed by atoms with Gasteiger partial charge in [-0.3, -0.25) is 14.5 Å². The fourth-order valence-corrected chi connectivity index (χ4v) is 3.24. The van der Waals surface area contributed by atoms with Gasteiger partial charge in [0.2, 0.25) is 5.91 Å². The lowest BCUT2D eigenvalue weighted by atomic mass is 10.1. The first kappa shape index (κ1) is 20.9. The maximum absolute atomic E-state index is 12.6. The number of nitrogens with one attached hydrogen (secondary N) is 1. The number of nitrogens with zero attached hydrogens (tertiary/aromatic N) is 5. The lowest BCUT2D eigenvalue weighted by Crippen LogP contribution is -2.55. The Hall–Kier alpha value is -1.36. The molecule has 3 heterocycles. The monoisotopic (exact) mass is 476 g/mol. The molecule has 26 heavy (non-hydrogen) atoms. The Kier molecular flexibility index (Phi) is 8.14. The Morgan fingerprint density at radius 3 is 2.88 bits per heavy atom. The Bertz CT molecular complexity index is 614. The molecule has 2 aliphatic heterocycles. The average molecular weight is 476 g/mol. The van der Waals surface area contributed by atoms with E-state index in [0.717, 1.165) is 44.2 Å². The van der Waals surface area contributed by atoms with Gasteiger partial charge in [-0.1, -0.05) is 0 Å². The van der Waals surface area contributed by atoms with Gasteiger partial charge in [0.15, 0.2) is 5.96 Å². The van der Waals surface area contributed by atoms with E-state index < -0.39 is 0 Å². The number of aliphatic imine (C=N–C) groups is 1. The van der Waals surface area contributed by atoms with Crippen LogP contribution in [0.3, 0.4) is 0 Å². The van der Waals surface area contributed by atoms with Crippen molar-refractivity contribution in [1.82, 2.24) is 20.0 Å². The minimum absolute atomic E-state index is 0. The number of hydrogen-bond acceptors (Lipinski definition) is 4. The third-order valence-corrected chi connectivity index (χ3v) is 4.58. The number of ether oxygens (including phenoxy) is 1. The van der Waals surface area contributed by atoms with Crippen molar-refractivity contribution in [3.8, 4) is 0 Å². The summed E-state index contributed by atoms with van der Waals surface area (Å²) in [6.07, 6.45) is 7.22. The molecule has 1 N–H and O–H groups in total. The number of halogens is 1. The summed E-state index contributed by atoms with van der Waals surface area (Å²) in [5.41, 5.74) is 0.852. The minimum atomic E-state index is 0. The van der Waals surface area contributed by atoms with E-state index >= 15 is 0 Å². The number of piperazine rings is 1. The largest absolute Gasteiger partial charge is 0.376 e. The van der Waals surface area contributed by atoms with Crippen molar-refractivity contribution in [1.29, 1.82) is 0 Å². The number of carbonyl (C=O) groups is 1. The van der Waals surface area contributed by atoms with Gasteiger partial charge in [0.1, 0.15) is 6.54 Å². The molecule has 3 rings (SSSR count). The molecular weight excluding hydrogens is 447 g/mol. The van der Waals surface area contributed by atoms with E-state index in [1.54, 1.807) is 15.8 Å². The van der Waals surface area contributed by atoms with Gasteiger partial charge >= 0.3 is 0 Å². The van der Waals surface area contributed by atoms with Gasteiger partial charge in [-0.05, 0) is 26.2 Å². The van der Waals surface area contributed by atoms with Crippen molar-refractivity contribution in [3.63, 3.8) is 0 Å². The number of rotatable bonds is 4. The van der Waals surface area contributed by atoms with Crippen LogP contribution in [0.1, 0.15) is 26.2 Å². The van der Waals surface area contributed by atoms with Gasteiger partial charge in [0.25, 0.3) is 0 Å². The zero-order valence-corrected chi connectivity index (χ0v) is 17.9. The highest BCUT2D eigenvalue weighted by molar-refractivity contribution is 14.0. The van der Waals surface area contributed by atoms with Crippen LogP contribution in [0.4, 0.5) is 5.69 Å². The number of aryl methyl sites for hydroxylation is 1. The Morgan fingerprint density at radius 2 is 2.27 bits per heavy atom. The third kappa shape index (κ3) is 5.32. The van der Waals surface area contributed by atoms with Crippen molar-refractivity contribution in [3.05, 3.63) is 12.4 Å². The van der Waals surface area contributed by atoms with E-state index in [-0.39, 0.29) is 36.0 Å². The Labute approximate surface area is 172 Å². The van der Waals surface area contributed by atoms with Gasteiger partial charge in [0.05, 0.1) is 24.5 Å². The predicted octanol–water partition coefficient (Wildman–Crippen LogP) is 1.22. The van der Waals surface area contributed by atoms with Crippen LogP contribution in [-0.4, -0.2) is 72.0 Å². The first-order chi connectivity index (χ1) is 12.2. The highest BCUT2D eigenvalue weighted by Crippen LogP contribution is 2.16. The molecule has 8 nitrogen and oxygen atoms in total. The van der Waals surface area contributed by atoms with Crippen LogP contribution in [0.15, 0.2) is 17.4 Å². The fraction of sp³-hybridized carbons (Fsp3) is 0.706. The number of aromatic nitrogens is 2. The number of hydrogen-bond donors (Lipinski definition) is 1. The molecule has 0 aromatic carbocycles. The fourth-order valence-electron chi connectivity index (χ4n) is 3.24. The van der Waals surface area contributed by atoms with Gasteiger partial charge in [-0.25, -0.2) is 0 Å². The summed E-state index contributed by atoms with van der Waals surface area (Å²) in [6, 6.07) is 0. The Morgan fingerprint density at radius 1 is 1.42 bits per heavy atom. The molecule has 0 radical (unpaired) electrons. The van der Waals surface area contributed by atoms with E-state index in [9.17, 15) is 4.79 Å². The topological polar surface area (TPSA) is 75.0 Å². The minimum Gasteiger partial charge on any atom is -0.376 e. The smallest absolute Gasteiger partial charge is 0.246 e. The maximum atomic E-state index is 12.6. The molecule has 1 amide bonds. The molecule has 2 fully saturated rings. The quantitative estimate of drug-likeness (QED) is 0.402. The summed E-state index contributed by atoms with van der Waals surface area (Å²) in [5, 5.41) is 7.45. The van der Waals surface area contributed by atoms with Crippen LogP contribution in [0.2, 0.25) is 0 Å². The molecule has 0 bridgehead atoms. The van der Waals surface area contributed by atoms with Gasteiger partial charge < -0.3 is 19.9 Å². The van der Waals surface area contributed by atoms with E-state index in [2.05, 4.69) is 10.4 Å². The van der Waals surface area contributed by atoms with Crippen LogP contribution >= 0.6 is 24.0 Å². The molecule has 1 aromatic heterocycles. The van der Waals surface area contributed by atoms with Crippen LogP contribution in [0, 0.1) is 0 Å². The second kappa shape index (κ2) is 10.1. The molecule has 2 aliphatic rings. The lowest BCUT2D eigenvalue weighted by Gasteiger charge is -2.35. The summed E-state index contributed by atoms with van der Waals surface area (Å²) in [4.78, 5) is 21.1. The average Bonchev–Trinajstić information content (AvgIpc) is 3.05. The van der Waals surface area contributed by atoms with Gasteiger partial charge in [-0.2, -0.15) is 5.10 Å². The highest BCUT2D eigenvalue weighted by Gasteiger charge is 2.27. The van der Waals surface area contributed by atoms with Crippen LogP contribution in [0.5, 0.6) is 0 Å². The summed E-state index contributed by atoms with van der Waals surface area (Å²) in [5.74, 6) is 0.870. The third-order valence-electron chi connectivity index (χ3n) is 4.58. The molecule has 1 aromatic rings. The van der Waals surface area contributed by atoms with E-state index in [0.29, 0.717) is 19.6 Å². The molecule has 146 valence electrons. The molecule has 9 heteroatoms. The van der Waals surface area contributed by atoms with Crippen LogP contribution < -0.4 is 10.2 Å². The van der Waals surface area contributed by atoms with Crippen LogP contribution in [0.25, 0.3) is 0 Å². The van der Waals surface area contributed by atoms with E-state index in [1.807, 2.05) is 25.1 Å². The van der Waals surface area contributed by atoms with Crippen molar-refractivity contribution in [2.45, 2.75) is 32.3 Å². The summed E-state index contributed by atoms with van der Waals surface area (Å²) >= 11 is 0. The summed E-state index contributed by atoms with van der Waals surface area (Å²) in [6.45, 7) is 6.01. The SMILES string of the molecule is CCNC(=NCC1CCCCO1)N1CCN(c2cnn(C)c2)C(=O)C1.I. The molecule has 0 spiro atoms.